The first-order valence-electron chi connectivity index (χ1n) is 6.71. The maximum absolute atomic E-state index is 11.2. The van der Waals surface area contributed by atoms with E-state index >= 15 is 0 Å². The van der Waals surface area contributed by atoms with E-state index in [1.54, 1.807) is 6.08 Å². The normalized spacial score (nSPS) is 20.0. The summed E-state index contributed by atoms with van der Waals surface area (Å²) in [4.78, 5) is 13.3. The molecule has 3 rings (SSSR count). The molecule has 0 radical (unpaired) electrons. The fourth-order valence-corrected chi connectivity index (χ4v) is 2.35. The zero-order valence-electron chi connectivity index (χ0n) is 12.1. The number of fused-ring (bicyclic) bond motifs is 1. The molecule has 0 unspecified atom stereocenters. The number of carbonyl (C=O) groups excluding carboxylic acids is 1. The van der Waals surface area contributed by atoms with E-state index in [0.717, 1.165) is 17.0 Å². The van der Waals surface area contributed by atoms with Gasteiger partial charge in [0.1, 0.15) is 0 Å². The predicted molar refractivity (Wildman–Crippen MR) is 100 cm³/mol. The average molecular weight is 405 g/mol. The molecule has 0 saturated carbocycles. The van der Waals surface area contributed by atoms with Gasteiger partial charge in [0.15, 0.2) is 5.76 Å². The topological polar surface area (TPSA) is 40.5 Å². The van der Waals surface area contributed by atoms with Crippen molar-refractivity contribution in [3.05, 3.63) is 83.3 Å². The van der Waals surface area contributed by atoms with Gasteiger partial charge >= 0.3 is 0 Å². The monoisotopic (exact) mass is 405 g/mol. The molecular formula is C18H16INO2. The zero-order chi connectivity index (χ0) is 14.8. The molecule has 22 heavy (non-hydrogen) atoms. The van der Waals surface area contributed by atoms with Crippen molar-refractivity contribution in [1.29, 1.82) is 0 Å². The van der Waals surface area contributed by atoms with Crippen LogP contribution in [0.3, 0.4) is 0 Å². The lowest BCUT2D eigenvalue weighted by Crippen LogP contribution is -2.18. The van der Waals surface area contributed by atoms with Crippen molar-refractivity contribution in [2.45, 2.75) is 0 Å². The number of aliphatic hydroxyl groups is 1. The van der Waals surface area contributed by atoms with Gasteiger partial charge in [0.2, 0.25) is 5.78 Å². The molecular weight excluding hydrogens is 389 g/mol. The van der Waals surface area contributed by atoms with Crippen molar-refractivity contribution in [2.24, 2.45) is 0 Å². The molecule has 1 aliphatic carbocycles. The molecule has 0 fully saturated rings. The Morgan fingerprint density at radius 2 is 1.82 bits per heavy atom. The summed E-state index contributed by atoms with van der Waals surface area (Å²) in [6.07, 6.45) is 12.5. The van der Waals surface area contributed by atoms with Gasteiger partial charge in [-0.2, -0.15) is 0 Å². The van der Waals surface area contributed by atoms with Gasteiger partial charge in [-0.1, -0.05) is 36.4 Å². The first-order valence-corrected chi connectivity index (χ1v) is 6.71. The third-order valence-corrected chi connectivity index (χ3v) is 3.55. The van der Waals surface area contributed by atoms with Gasteiger partial charge < -0.3 is 10.0 Å². The van der Waals surface area contributed by atoms with Gasteiger partial charge in [0, 0.05) is 18.4 Å². The predicted octanol–water partition coefficient (Wildman–Crippen LogP) is 4.16. The summed E-state index contributed by atoms with van der Waals surface area (Å²) in [5.74, 6) is -0.580. The highest BCUT2D eigenvalue weighted by Crippen LogP contribution is 2.29. The summed E-state index contributed by atoms with van der Waals surface area (Å²) in [6, 6.07) is 8.19. The van der Waals surface area contributed by atoms with E-state index in [-0.39, 0.29) is 35.5 Å². The smallest absolute Gasteiger partial charge is 0.220 e. The van der Waals surface area contributed by atoms with Crippen LogP contribution in [0, 0.1) is 0 Å². The second kappa shape index (κ2) is 6.79. The lowest BCUT2D eigenvalue weighted by molar-refractivity contribution is -0.113. The third kappa shape index (κ3) is 3.22. The van der Waals surface area contributed by atoms with Gasteiger partial charge in [-0.15, -0.1) is 24.0 Å². The number of anilines is 1. The number of allylic oxidation sites excluding steroid dienone is 7. The first kappa shape index (κ1) is 16.3. The van der Waals surface area contributed by atoms with Gasteiger partial charge in [0.05, 0.1) is 0 Å². The van der Waals surface area contributed by atoms with Crippen molar-refractivity contribution >= 4 is 41.5 Å². The van der Waals surface area contributed by atoms with Crippen LogP contribution in [0.15, 0.2) is 77.8 Å². The van der Waals surface area contributed by atoms with E-state index in [4.69, 9.17) is 0 Å². The van der Waals surface area contributed by atoms with Gasteiger partial charge in [0.25, 0.3) is 0 Å². The van der Waals surface area contributed by atoms with E-state index in [2.05, 4.69) is 23.1 Å². The molecule has 0 amide bonds. The number of hydrogen-bond acceptors (Lipinski definition) is 3. The largest absolute Gasteiger partial charge is 0.504 e. The molecule has 0 bridgehead atoms. The number of para-hydroxylation sites is 1. The maximum Gasteiger partial charge on any atom is 0.220 e. The van der Waals surface area contributed by atoms with Crippen LogP contribution in [-0.2, 0) is 4.79 Å². The molecule has 1 aliphatic heterocycles. The Morgan fingerprint density at radius 3 is 2.59 bits per heavy atom. The molecule has 3 nitrogen and oxygen atoms in total. The number of ketones is 1. The van der Waals surface area contributed by atoms with Crippen LogP contribution in [0.4, 0.5) is 5.69 Å². The highest BCUT2D eigenvalue weighted by atomic mass is 127. The van der Waals surface area contributed by atoms with Crippen LogP contribution in [0.25, 0.3) is 6.08 Å². The molecule has 1 aromatic rings. The second-order valence-corrected chi connectivity index (χ2v) is 4.94. The number of likely N-dealkylation sites (N-methyl/N-ethyl adjacent to an activating group) is 1. The molecule has 2 aliphatic rings. The highest BCUT2D eigenvalue weighted by Gasteiger charge is 2.12. The number of hydrogen-bond donors (Lipinski definition) is 1. The number of nitrogens with zero attached hydrogens (tertiary/aromatic N) is 1. The Labute approximate surface area is 146 Å². The summed E-state index contributed by atoms with van der Waals surface area (Å²) in [6.45, 7) is 0. The quantitative estimate of drug-likeness (QED) is 0.714. The van der Waals surface area contributed by atoms with E-state index in [0.29, 0.717) is 0 Å². The zero-order valence-corrected chi connectivity index (χ0v) is 14.4. The molecule has 112 valence electrons. The third-order valence-electron chi connectivity index (χ3n) is 3.55. The van der Waals surface area contributed by atoms with Crippen LogP contribution >= 0.6 is 24.0 Å². The Balaban J connectivity index is 0.00000176. The van der Waals surface area contributed by atoms with Crippen LogP contribution in [0.1, 0.15) is 5.56 Å². The summed E-state index contributed by atoms with van der Waals surface area (Å²) < 4.78 is 0. The number of aliphatic hydroxyl groups excluding tert-OH is 1. The van der Waals surface area contributed by atoms with Crippen LogP contribution in [-0.4, -0.2) is 17.9 Å². The molecule has 1 heterocycles. The maximum atomic E-state index is 11.2. The van der Waals surface area contributed by atoms with Gasteiger partial charge in [-0.05, 0) is 41.5 Å². The standard InChI is InChI=1S/C18H15NO2.HI/c1-19-15(10-8-14-4-2-3-5-16(14)19)9-6-13-7-11-17(20)18(21)12-13;/h2-12,21H,1H3;1H/b13-6+,15-9+;. The Kier molecular flexibility index (Phi) is 5.03. The number of benzene rings is 1. The summed E-state index contributed by atoms with van der Waals surface area (Å²) >= 11 is 0. The lowest BCUT2D eigenvalue weighted by Gasteiger charge is -2.26. The molecule has 0 aromatic heterocycles. The van der Waals surface area contributed by atoms with Crippen LogP contribution < -0.4 is 4.90 Å². The number of halogens is 1. The fourth-order valence-electron chi connectivity index (χ4n) is 2.35. The van der Waals surface area contributed by atoms with E-state index < -0.39 is 0 Å². The van der Waals surface area contributed by atoms with Crippen molar-refractivity contribution in [3.63, 3.8) is 0 Å². The Bertz CT molecular complexity index is 754. The van der Waals surface area contributed by atoms with Crippen LogP contribution in [0.2, 0.25) is 0 Å². The van der Waals surface area contributed by atoms with Gasteiger partial charge in [-0.25, -0.2) is 0 Å². The molecule has 0 spiro atoms. The number of carbonyl (C=O) groups is 1. The Hall–Kier alpha value is -2.08. The minimum Gasteiger partial charge on any atom is -0.504 e. The van der Waals surface area contributed by atoms with Crippen molar-refractivity contribution in [1.82, 2.24) is 0 Å². The van der Waals surface area contributed by atoms with Crippen molar-refractivity contribution in [2.75, 3.05) is 11.9 Å². The lowest BCUT2D eigenvalue weighted by atomic mass is 10.0. The summed E-state index contributed by atoms with van der Waals surface area (Å²) in [5.41, 5.74) is 4.17. The summed E-state index contributed by atoms with van der Waals surface area (Å²) in [7, 11) is 2.01. The van der Waals surface area contributed by atoms with Gasteiger partial charge in [-0.3, -0.25) is 4.79 Å². The molecule has 4 heteroatoms. The SMILES string of the molecule is CN1/C(=C/C=C2\C=CC(=O)C(O)=C2)C=Cc2ccccc21.I. The van der Waals surface area contributed by atoms with Crippen molar-refractivity contribution < 1.29 is 9.90 Å². The van der Waals surface area contributed by atoms with Crippen molar-refractivity contribution in [3.8, 4) is 0 Å². The minimum atomic E-state index is -0.358. The molecule has 0 atom stereocenters. The second-order valence-electron chi connectivity index (χ2n) is 4.94. The molecule has 1 aromatic carbocycles. The first-order chi connectivity index (χ1) is 10.1. The fraction of sp³-hybridized carbons (Fsp3) is 0.0556. The van der Waals surface area contributed by atoms with Crippen LogP contribution in [0.5, 0.6) is 0 Å². The minimum absolute atomic E-state index is 0. The van der Waals surface area contributed by atoms with E-state index in [9.17, 15) is 9.90 Å². The molecule has 0 saturated heterocycles. The van der Waals surface area contributed by atoms with E-state index in [1.807, 2.05) is 37.4 Å². The van der Waals surface area contributed by atoms with E-state index in [1.165, 1.54) is 17.7 Å². The average Bonchev–Trinajstić information content (AvgIpc) is 2.50. The molecule has 1 N–H and O–H groups in total. The number of rotatable bonds is 1. The highest BCUT2D eigenvalue weighted by molar-refractivity contribution is 14.0. The Morgan fingerprint density at radius 1 is 1.05 bits per heavy atom. The summed E-state index contributed by atoms with van der Waals surface area (Å²) in [5, 5.41) is 9.44.